The summed E-state index contributed by atoms with van der Waals surface area (Å²) in [7, 11) is -3.07. The molecule has 0 fully saturated rings. The number of nitrogens with zero attached hydrogens (tertiary/aromatic N) is 2. The zero-order chi connectivity index (χ0) is 26.6. The highest BCUT2D eigenvalue weighted by atomic mass is 35.5. The van der Waals surface area contributed by atoms with Gasteiger partial charge in [0.05, 0.1) is 28.9 Å². The molecule has 0 aliphatic rings. The van der Waals surface area contributed by atoms with Crippen LogP contribution in [0.2, 0.25) is 5.02 Å². The van der Waals surface area contributed by atoms with E-state index in [0.717, 1.165) is 31.4 Å². The molecule has 0 bridgehead atoms. The molecule has 0 aromatic heterocycles. The predicted octanol–water partition coefficient (Wildman–Crippen LogP) is 3.85. The molecule has 0 spiro atoms. The van der Waals surface area contributed by atoms with Gasteiger partial charge in [0.1, 0.15) is 17.1 Å². The zero-order valence-electron chi connectivity index (χ0n) is 18.1. The second-order valence-corrected chi connectivity index (χ2v) is 8.80. The van der Waals surface area contributed by atoms with Crippen LogP contribution in [0.15, 0.2) is 40.8 Å². The molecule has 0 amide bonds. The second kappa shape index (κ2) is 10.9. The fourth-order valence-electron chi connectivity index (χ4n) is 2.46. The molecule has 2 aromatic rings. The van der Waals surface area contributed by atoms with Crippen molar-refractivity contribution in [2.75, 3.05) is 13.4 Å². The van der Waals surface area contributed by atoms with E-state index in [9.17, 15) is 36.5 Å². The number of hydrogen-bond acceptors (Lipinski definition) is 8. The van der Waals surface area contributed by atoms with E-state index < -0.39 is 60.9 Å². The Labute approximate surface area is 201 Å². The van der Waals surface area contributed by atoms with E-state index in [4.69, 9.17) is 21.2 Å². The van der Waals surface area contributed by atoms with E-state index in [0.29, 0.717) is 18.4 Å². The largest absolute Gasteiger partial charge is 0.467 e. The fraction of sp³-hybridized carbons (Fsp3) is 0.263. The summed E-state index contributed by atoms with van der Waals surface area (Å²) in [5.74, 6) is -1.92. The highest BCUT2D eigenvalue weighted by Gasteiger charge is 2.31. The number of benzene rings is 2. The first-order valence-electron chi connectivity index (χ1n) is 9.25. The van der Waals surface area contributed by atoms with Crippen molar-refractivity contribution in [3.8, 4) is 11.5 Å². The van der Waals surface area contributed by atoms with Crippen LogP contribution >= 0.6 is 11.6 Å². The third-order valence-corrected chi connectivity index (χ3v) is 4.84. The third kappa shape index (κ3) is 7.80. The molecule has 0 radical (unpaired) electrons. The molecule has 1 atom stereocenters. The molecule has 0 heterocycles. The monoisotopic (exact) mass is 539 g/mol. The SMILES string of the molecule is COC(=O)C(C)ONC(=NS(C)(=O)=O)c1cc(Oc2ccc(C(F)(F)F)cc2Cl)ccc1[N+](=O)[O-]. The fourth-order valence-corrected chi connectivity index (χ4v) is 3.15. The predicted molar refractivity (Wildman–Crippen MR) is 117 cm³/mol. The van der Waals surface area contributed by atoms with Crippen molar-refractivity contribution in [1.29, 1.82) is 0 Å². The van der Waals surface area contributed by atoms with Crippen LogP contribution < -0.4 is 10.2 Å². The topological polar surface area (TPSA) is 146 Å². The molecule has 1 unspecified atom stereocenters. The van der Waals surface area contributed by atoms with E-state index in [2.05, 4.69) is 14.6 Å². The van der Waals surface area contributed by atoms with E-state index >= 15 is 0 Å². The van der Waals surface area contributed by atoms with Gasteiger partial charge in [-0.25, -0.2) is 18.7 Å². The minimum absolute atomic E-state index is 0.170. The Balaban J connectivity index is 2.52. The highest BCUT2D eigenvalue weighted by molar-refractivity contribution is 7.89. The summed E-state index contributed by atoms with van der Waals surface area (Å²) in [6.07, 6.45) is -5.21. The zero-order valence-corrected chi connectivity index (χ0v) is 19.7. The minimum atomic E-state index is -4.65. The number of amidine groups is 1. The number of methoxy groups -OCH3 is 1. The summed E-state index contributed by atoms with van der Waals surface area (Å²) >= 11 is 5.87. The molecule has 2 rings (SSSR count). The number of ether oxygens (including phenoxy) is 2. The molecule has 2 aromatic carbocycles. The van der Waals surface area contributed by atoms with Gasteiger partial charge in [0.25, 0.3) is 15.7 Å². The maximum Gasteiger partial charge on any atom is 0.416 e. The van der Waals surface area contributed by atoms with Crippen molar-refractivity contribution in [3.05, 3.63) is 62.7 Å². The molecule has 0 saturated carbocycles. The minimum Gasteiger partial charge on any atom is -0.467 e. The van der Waals surface area contributed by atoms with Crippen LogP contribution in [0.1, 0.15) is 18.1 Å². The molecular weight excluding hydrogens is 523 g/mol. The Hall–Kier alpha value is -3.43. The normalized spacial score (nSPS) is 13.2. The van der Waals surface area contributed by atoms with Gasteiger partial charge in [0, 0.05) is 6.07 Å². The smallest absolute Gasteiger partial charge is 0.416 e. The summed E-state index contributed by atoms with van der Waals surface area (Å²) in [6.45, 7) is 1.25. The molecule has 0 aliphatic carbocycles. The van der Waals surface area contributed by atoms with Gasteiger partial charge in [-0.1, -0.05) is 11.6 Å². The van der Waals surface area contributed by atoms with Crippen LogP contribution in [0.25, 0.3) is 0 Å². The Bertz CT molecular complexity index is 1270. The molecular formula is C19H17ClF3N3O8S. The first-order valence-corrected chi connectivity index (χ1v) is 11.5. The van der Waals surface area contributed by atoms with Crippen molar-refractivity contribution in [3.63, 3.8) is 0 Å². The van der Waals surface area contributed by atoms with Crippen molar-refractivity contribution >= 4 is 39.1 Å². The first-order chi connectivity index (χ1) is 16.1. The van der Waals surface area contributed by atoms with Crippen LogP contribution in [0.5, 0.6) is 11.5 Å². The van der Waals surface area contributed by atoms with Gasteiger partial charge < -0.3 is 9.47 Å². The lowest BCUT2D eigenvalue weighted by Crippen LogP contribution is -2.34. The van der Waals surface area contributed by atoms with Crippen LogP contribution in [0.4, 0.5) is 18.9 Å². The number of rotatable bonds is 8. The maximum absolute atomic E-state index is 12.9. The molecule has 35 heavy (non-hydrogen) atoms. The van der Waals surface area contributed by atoms with E-state index in [-0.39, 0.29) is 11.5 Å². The van der Waals surface area contributed by atoms with Crippen molar-refractivity contribution in [2.45, 2.75) is 19.2 Å². The van der Waals surface area contributed by atoms with Gasteiger partial charge in [-0.05, 0) is 37.3 Å². The van der Waals surface area contributed by atoms with Gasteiger partial charge in [-0.2, -0.15) is 13.2 Å². The first kappa shape index (κ1) is 27.8. The number of nitrogens with one attached hydrogen (secondary N) is 1. The molecule has 1 N–H and O–H groups in total. The molecule has 0 saturated heterocycles. The van der Waals surface area contributed by atoms with Crippen molar-refractivity contribution < 1.29 is 45.6 Å². The quantitative estimate of drug-likeness (QED) is 0.174. The van der Waals surface area contributed by atoms with E-state index in [1.165, 1.54) is 6.92 Å². The summed E-state index contributed by atoms with van der Waals surface area (Å²) in [6, 6.07) is 5.31. The number of hydrogen-bond donors (Lipinski definition) is 1. The number of carbonyl (C=O) groups excluding carboxylic acids is 1. The van der Waals surface area contributed by atoms with Gasteiger partial charge in [-0.15, -0.1) is 4.40 Å². The molecule has 190 valence electrons. The Morgan fingerprint density at radius 3 is 2.40 bits per heavy atom. The average Bonchev–Trinajstić information content (AvgIpc) is 2.75. The highest BCUT2D eigenvalue weighted by Crippen LogP contribution is 2.37. The van der Waals surface area contributed by atoms with E-state index in [1.807, 2.05) is 0 Å². The number of carbonyl (C=O) groups is 1. The summed E-state index contributed by atoms with van der Waals surface area (Å²) in [5.41, 5.74) is -0.0219. The number of sulfonamides is 1. The summed E-state index contributed by atoms with van der Waals surface area (Å²) in [5, 5.41) is 11.1. The summed E-state index contributed by atoms with van der Waals surface area (Å²) < 4.78 is 75.4. The average molecular weight is 540 g/mol. The number of nitro benzene ring substituents is 1. The molecule has 11 nitrogen and oxygen atoms in total. The van der Waals surface area contributed by atoms with Gasteiger partial charge in [0.15, 0.2) is 11.9 Å². The Morgan fingerprint density at radius 1 is 1.23 bits per heavy atom. The molecule has 0 aliphatic heterocycles. The lowest BCUT2D eigenvalue weighted by molar-refractivity contribution is -0.385. The van der Waals surface area contributed by atoms with Gasteiger partial charge in [0.2, 0.25) is 0 Å². The number of hydroxylamine groups is 1. The lowest BCUT2D eigenvalue weighted by atomic mass is 10.1. The van der Waals surface area contributed by atoms with Crippen LogP contribution in [0.3, 0.4) is 0 Å². The number of halogens is 4. The van der Waals surface area contributed by atoms with Crippen LogP contribution in [-0.4, -0.2) is 44.6 Å². The van der Waals surface area contributed by atoms with Gasteiger partial charge >= 0.3 is 12.1 Å². The van der Waals surface area contributed by atoms with Crippen molar-refractivity contribution in [1.82, 2.24) is 5.48 Å². The Morgan fingerprint density at radius 2 is 1.89 bits per heavy atom. The van der Waals surface area contributed by atoms with Crippen molar-refractivity contribution in [2.24, 2.45) is 4.40 Å². The van der Waals surface area contributed by atoms with Gasteiger partial charge in [-0.3, -0.25) is 15.0 Å². The van der Waals surface area contributed by atoms with E-state index in [1.54, 1.807) is 0 Å². The summed E-state index contributed by atoms with van der Waals surface area (Å²) in [4.78, 5) is 27.2. The number of nitro groups is 1. The number of esters is 1. The third-order valence-electron chi connectivity index (χ3n) is 4.03. The maximum atomic E-state index is 12.9. The molecule has 16 heteroatoms. The van der Waals surface area contributed by atoms with Crippen LogP contribution in [-0.2, 0) is 30.6 Å². The number of alkyl halides is 3. The Kier molecular flexibility index (Phi) is 8.64. The lowest BCUT2D eigenvalue weighted by Gasteiger charge is -2.15. The standard InChI is InChI=1S/C19H17ClF3N3O8S/c1-10(18(27)32-2)34-24-17(25-35(3,30)31)13-9-12(5-6-15(13)26(28)29)33-16-7-4-11(8-14(16)20)19(21,22)23/h4-10H,1-3H3,(H,24,25). The second-order valence-electron chi connectivity index (χ2n) is 6.74. The van der Waals surface area contributed by atoms with Crippen LogP contribution in [0, 0.1) is 10.1 Å².